The highest BCUT2D eigenvalue weighted by atomic mass is 35.5. The summed E-state index contributed by atoms with van der Waals surface area (Å²) in [6, 6.07) is 18.1. The van der Waals surface area contributed by atoms with Gasteiger partial charge in [-0.25, -0.2) is 9.67 Å². The topological polar surface area (TPSA) is 39.9 Å². The normalized spacial score (nSPS) is 11.8. The van der Waals surface area contributed by atoms with Crippen molar-refractivity contribution in [3.63, 3.8) is 0 Å². The highest BCUT2D eigenvalue weighted by molar-refractivity contribution is 6.42. The number of rotatable bonds is 5. The Morgan fingerprint density at radius 1 is 0.842 bits per heavy atom. The van der Waals surface area contributed by atoms with E-state index in [0.717, 1.165) is 17.2 Å². The second-order valence-corrected chi connectivity index (χ2v) is 9.97. The van der Waals surface area contributed by atoms with Crippen LogP contribution in [0.25, 0.3) is 28.0 Å². The summed E-state index contributed by atoms with van der Waals surface area (Å²) in [6.07, 6.45) is -4.61. The van der Waals surface area contributed by atoms with E-state index >= 15 is 0 Å². The molecule has 2 aromatic heterocycles. The molecule has 5 aromatic rings. The molecular formula is C28H19Cl3F3N3O. The number of nitrogens with zero attached hydrogens (tertiary/aromatic N) is 3. The Balaban J connectivity index is 1.53. The van der Waals surface area contributed by atoms with Crippen LogP contribution in [0.3, 0.4) is 0 Å². The predicted molar refractivity (Wildman–Crippen MR) is 145 cm³/mol. The van der Waals surface area contributed by atoms with Crippen LogP contribution in [0.4, 0.5) is 13.2 Å². The Kier molecular flexibility index (Phi) is 7.03. The molecule has 0 N–H and O–H groups in total. The summed E-state index contributed by atoms with van der Waals surface area (Å²) < 4.78 is 49.7. The number of alkyl halides is 3. The summed E-state index contributed by atoms with van der Waals surface area (Å²) >= 11 is 18.3. The average molecular weight is 577 g/mol. The van der Waals surface area contributed by atoms with Crippen LogP contribution in [0.1, 0.15) is 22.4 Å². The summed E-state index contributed by atoms with van der Waals surface area (Å²) in [5, 5.41) is 5.67. The van der Waals surface area contributed by atoms with Gasteiger partial charge in [-0.05, 0) is 79.6 Å². The Hall–Kier alpha value is -3.26. The number of fused-ring (bicyclic) bond motifs is 1. The Bertz CT molecular complexity index is 1660. The van der Waals surface area contributed by atoms with E-state index in [-0.39, 0.29) is 29.0 Å². The minimum absolute atomic E-state index is 0.0560. The lowest BCUT2D eigenvalue weighted by atomic mass is 10.0. The second-order valence-electron chi connectivity index (χ2n) is 8.74. The highest BCUT2D eigenvalue weighted by Gasteiger charge is 2.36. The van der Waals surface area contributed by atoms with Gasteiger partial charge < -0.3 is 4.74 Å². The molecule has 4 nitrogen and oxygen atoms in total. The number of ether oxygens (including phenoxy) is 1. The molecule has 0 spiro atoms. The van der Waals surface area contributed by atoms with Gasteiger partial charge in [-0.15, -0.1) is 0 Å². The van der Waals surface area contributed by atoms with Crippen molar-refractivity contribution >= 4 is 45.8 Å². The van der Waals surface area contributed by atoms with Crippen molar-refractivity contribution < 1.29 is 17.9 Å². The fourth-order valence-corrected chi connectivity index (χ4v) is 4.57. The molecule has 0 aliphatic carbocycles. The first-order chi connectivity index (χ1) is 18.0. The molecular weight excluding hydrogens is 558 g/mol. The molecule has 0 aliphatic heterocycles. The number of aromatic nitrogens is 3. The van der Waals surface area contributed by atoms with E-state index in [4.69, 9.17) is 39.5 Å². The third-order valence-electron chi connectivity index (χ3n) is 6.06. The van der Waals surface area contributed by atoms with Crippen molar-refractivity contribution in [1.29, 1.82) is 0 Å². The molecule has 0 atom stereocenters. The first-order valence-electron chi connectivity index (χ1n) is 11.4. The van der Waals surface area contributed by atoms with Crippen LogP contribution in [0, 0.1) is 13.8 Å². The van der Waals surface area contributed by atoms with Crippen molar-refractivity contribution in [3.05, 3.63) is 104 Å². The van der Waals surface area contributed by atoms with Crippen molar-refractivity contribution in [3.8, 4) is 22.7 Å². The van der Waals surface area contributed by atoms with Gasteiger partial charge in [0.2, 0.25) is 0 Å². The van der Waals surface area contributed by atoms with Gasteiger partial charge in [-0.1, -0.05) is 46.9 Å². The third-order valence-corrected chi connectivity index (χ3v) is 7.20. The van der Waals surface area contributed by atoms with Crippen molar-refractivity contribution in [2.75, 3.05) is 0 Å². The monoisotopic (exact) mass is 575 g/mol. The van der Waals surface area contributed by atoms with Crippen LogP contribution in [0.5, 0.6) is 5.75 Å². The summed E-state index contributed by atoms with van der Waals surface area (Å²) in [7, 11) is 0. The molecule has 0 saturated carbocycles. The van der Waals surface area contributed by atoms with Crippen molar-refractivity contribution in [2.45, 2.75) is 26.6 Å². The van der Waals surface area contributed by atoms with Gasteiger partial charge in [-0.3, -0.25) is 0 Å². The van der Waals surface area contributed by atoms with E-state index in [0.29, 0.717) is 32.1 Å². The van der Waals surface area contributed by atoms with E-state index in [1.807, 2.05) is 6.92 Å². The molecule has 0 fully saturated rings. The first-order valence-corrected chi connectivity index (χ1v) is 12.6. The highest BCUT2D eigenvalue weighted by Crippen LogP contribution is 2.39. The van der Waals surface area contributed by atoms with Crippen molar-refractivity contribution in [1.82, 2.24) is 14.8 Å². The predicted octanol–water partition coefficient (Wildman–Crippen LogP) is 9.26. The first kappa shape index (κ1) is 26.4. The van der Waals surface area contributed by atoms with Crippen molar-refractivity contribution in [2.24, 2.45) is 0 Å². The van der Waals surface area contributed by atoms with E-state index in [1.165, 1.54) is 11.6 Å². The minimum Gasteiger partial charge on any atom is -0.489 e. The number of benzene rings is 3. The van der Waals surface area contributed by atoms with Gasteiger partial charge in [0, 0.05) is 10.6 Å². The Labute approximate surface area is 231 Å². The maximum Gasteiger partial charge on any atom is 0.417 e. The third kappa shape index (κ3) is 5.19. The lowest BCUT2D eigenvalue weighted by Gasteiger charge is -2.13. The lowest BCUT2D eigenvalue weighted by molar-refractivity contribution is -0.136. The van der Waals surface area contributed by atoms with Gasteiger partial charge in [0.25, 0.3) is 0 Å². The summed E-state index contributed by atoms with van der Waals surface area (Å²) in [5.74, 6) is 0.534. The van der Waals surface area contributed by atoms with Gasteiger partial charge >= 0.3 is 6.18 Å². The molecule has 0 radical (unpaired) electrons. The average Bonchev–Trinajstić information content (AvgIpc) is 3.22. The van der Waals surface area contributed by atoms with Crippen LogP contribution in [0.15, 0.2) is 66.7 Å². The molecule has 3 aromatic carbocycles. The fourth-order valence-electron chi connectivity index (χ4n) is 4.07. The number of pyridine rings is 1. The standard InChI is InChI=1S/C28H19Cl3F3N3O/c1-15-3-7-19(12-23(15)30)37-27-26(16(2)36-37)21(28(32,33)34)13-25(35-27)18-5-8-20(9-6-18)38-14-17-4-10-22(29)24(31)11-17/h3-13H,14H2,1-2H3. The van der Waals surface area contributed by atoms with Crippen LogP contribution in [-0.4, -0.2) is 14.8 Å². The fraction of sp³-hybridized carbons (Fsp3) is 0.143. The molecule has 2 heterocycles. The molecule has 0 amide bonds. The summed E-state index contributed by atoms with van der Waals surface area (Å²) in [5.41, 5.74) is 2.33. The van der Waals surface area contributed by atoms with Crippen LogP contribution >= 0.6 is 34.8 Å². The van der Waals surface area contributed by atoms with Crippen LogP contribution in [0.2, 0.25) is 15.1 Å². The van der Waals surface area contributed by atoms with Gasteiger partial charge in [0.15, 0.2) is 5.65 Å². The number of hydrogen-bond acceptors (Lipinski definition) is 3. The zero-order valence-electron chi connectivity index (χ0n) is 20.1. The Morgan fingerprint density at radius 2 is 1.58 bits per heavy atom. The van der Waals surface area contributed by atoms with Crippen LogP contribution < -0.4 is 4.74 Å². The number of hydrogen-bond donors (Lipinski definition) is 0. The molecule has 5 rings (SSSR count). The molecule has 194 valence electrons. The second kappa shape index (κ2) is 10.1. The van der Waals surface area contributed by atoms with Crippen LogP contribution in [-0.2, 0) is 12.8 Å². The largest absolute Gasteiger partial charge is 0.489 e. The quantitative estimate of drug-likeness (QED) is 0.209. The zero-order chi connectivity index (χ0) is 27.2. The van der Waals surface area contributed by atoms with E-state index in [2.05, 4.69) is 10.1 Å². The van der Waals surface area contributed by atoms with Gasteiger partial charge in [0.1, 0.15) is 12.4 Å². The molecule has 0 aliphatic rings. The van der Waals surface area contributed by atoms with E-state index < -0.39 is 11.7 Å². The molecule has 10 heteroatoms. The smallest absolute Gasteiger partial charge is 0.417 e. The van der Waals surface area contributed by atoms with Gasteiger partial charge in [0.05, 0.1) is 38.1 Å². The zero-order valence-corrected chi connectivity index (χ0v) is 22.3. The SMILES string of the molecule is Cc1ccc(-n2nc(C)c3c(C(F)(F)F)cc(-c4ccc(OCc5ccc(Cl)c(Cl)c5)cc4)nc32)cc1Cl. The summed E-state index contributed by atoms with van der Waals surface area (Å²) in [6.45, 7) is 3.62. The molecule has 38 heavy (non-hydrogen) atoms. The molecule has 0 unspecified atom stereocenters. The molecule has 0 saturated heterocycles. The summed E-state index contributed by atoms with van der Waals surface area (Å²) in [4.78, 5) is 4.60. The van der Waals surface area contributed by atoms with E-state index in [9.17, 15) is 13.2 Å². The minimum atomic E-state index is -4.61. The lowest BCUT2D eigenvalue weighted by Crippen LogP contribution is -2.08. The maximum absolute atomic E-state index is 14.2. The molecule has 0 bridgehead atoms. The number of halogens is 6. The maximum atomic E-state index is 14.2. The van der Waals surface area contributed by atoms with Gasteiger partial charge in [-0.2, -0.15) is 18.3 Å². The Morgan fingerprint density at radius 3 is 2.24 bits per heavy atom. The van der Waals surface area contributed by atoms with E-state index in [1.54, 1.807) is 60.7 Å². The number of aryl methyl sites for hydroxylation is 2.